The van der Waals surface area contributed by atoms with Crippen LogP contribution in [0.25, 0.3) is 0 Å². The molecule has 104 valence electrons. The first-order chi connectivity index (χ1) is 9.83. The van der Waals surface area contributed by atoms with Crippen LogP contribution < -0.4 is 0 Å². The Balaban J connectivity index is 1.77. The fourth-order valence-electron chi connectivity index (χ4n) is 2.96. The summed E-state index contributed by atoms with van der Waals surface area (Å²) in [6, 6.07) is 13.4. The summed E-state index contributed by atoms with van der Waals surface area (Å²) in [5.41, 5.74) is 2.73. The monoisotopic (exact) mass is 330 g/mol. The lowest BCUT2D eigenvalue weighted by molar-refractivity contribution is 0.140. The molecule has 0 radical (unpaired) electrons. The van der Waals surface area contributed by atoms with Gasteiger partial charge in [-0.15, -0.1) is 0 Å². The Morgan fingerprint density at radius 1 is 1.15 bits per heavy atom. The van der Waals surface area contributed by atoms with E-state index in [2.05, 4.69) is 56.1 Å². The number of hydrogen-bond donors (Lipinski definition) is 0. The topological polar surface area (TPSA) is 16.1 Å². The largest absolute Gasteiger partial charge is 0.292 e. The van der Waals surface area contributed by atoms with Gasteiger partial charge in [-0.25, -0.2) is 0 Å². The standard InChI is InChI=1S/C17H19BrN2/c18-16-8-6-14(7-9-16)13-20-11-2-1-5-17(20)15-4-3-10-19-12-15/h3-4,6-10,12,17H,1-2,5,11,13H2. The van der Waals surface area contributed by atoms with Crippen LogP contribution in [0.15, 0.2) is 53.3 Å². The van der Waals surface area contributed by atoms with Gasteiger partial charge in [0.15, 0.2) is 0 Å². The summed E-state index contributed by atoms with van der Waals surface area (Å²) < 4.78 is 1.14. The van der Waals surface area contributed by atoms with Crippen molar-refractivity contribution in [2.75, 3.05) is 6.54 Å². The predicted octanol–water partition coefficient (Wildman–Crippen LogP) is 4.57. The van der Waals surface area contributed by atoms with Crippen molar-refractivity contribution in [3.63, 3.8) is 0 Å². The van der Waals surface area contributed by atoms with Crippen LogP contribution in [0, 0.1) is 0 Å². The van der Waals surface area contributed by atoms with E-state index < -0.39 is 0 Å². The van der Waals surface area contributed by atoms with Crippen LogP contribution in [0.5, 0.6) is 0 Å². The molecule has 2 heterocycles. The minimum absolute atomic E-state index is 0.515. The Hall–Kier alpha value is -1.19. The third kappa shape index (κ3) is 3.28. The Kier molecular flexibility index (Phi) is 4.48. The average Bonchev–Trinajstić information content (AvgIpc) is 2.51. The van der Waals surface area contributed by atoms with Gasteiger partial charge in [0.05, 0.1) is 0 Å². The second kappa shape index (κ2) is 6.51. The number of aromatic nitrogens is 1. The molecule has 1 aliphatic rings. The Morgan fingerprint density at radius 2 is 2.00 bits per heavy atom. The lowest BCUT2D eigenvalue weighted by Crippen LogP contribution is -2.32. The molecule has 0 bridgehead atoms. The third-order valence-electron chi connectivity index (χ3n) is 3.98. The number of benzene rings is 1. The summed E-state index contributed by atoms with van der Waals surface area (Å²) in [6.45, 7) is 2.20. The first-order valence-corrected chi connectivity index (χ1v) is 8.00. The first kappa shape index (κ1) is 13.8. The molecule has 2 aromatic rings. The van der Waals surface area contributed by atoms with Gasteiger partial charge < -0.3 is 0 Å². The predicted molar refractivity (Wildman–Crippen MR) is 85.4 cm³/mol. The maximum Gasteiger partial charge on any atom is 0.0366 e. The Morgan fingerprint density at radius 3 is 2.75 bits per heavy atom. The van der Waals surface area contributed by atoms with Crippen LogP contribution in [-0.2, 0) is 6.54 Å². The van der Waals surface area contributed by atoms with Gasteiger partial charge in [0.25, 0.3) is 0 Å². The fourth-order valence-corrected chi connectivity index (χ4v) is 3.22. The molecule has 1 fully saturated rings. The molecule has 2 nitrogen and oxygen atoms in total. The maximum atomic E-state index is 4.28. The van der Waals surface area contributed by atoms with Gasteiger partial charge in [-0.2, -0.15) is 0 Å². The van der Waals surface area contributed by atoms with Crippen molar-refractivity contribution in [2.24, 2.45) is 0 Å². The zero-order chi connectivity index (χ0) is 13.8. The van der Waals surface area contributed by atoms with E-state index in [9.17, 15) is 0 Å². The van der Waals surface area contributed by atoms with Crippen molar-refractivity contribution in [3.8, 4) is 0 Å². The van der Waals surface area contributed by atoms with Crippen LogP contribution in [0.1, 0.15) is 36.4 Å². The number of pyridine rings is 1. The van der Waals surface area contributed by atoms with Gasteiger partial charge in [0, 0.05) is 29.5 Å². The molecule has 1 unspecified atom stereocenters. The first-order valence-electron chi connectivity index (χ1n) is 7.21. The molecule has 0 spiro atoms. The van der Waals surface area contributed by atoms with Crippen molar-refractivity contribution in [3.05, 3.63) is 64.4 Å². The third-order valence-corrected chi connectivity index (χ3v) is 4.51. The van der Waals surface area contributed by atoms with Crippen LogP contribution >= 0.6 is 15.9 Å². The van der Waals surface area contributed by atoms with Crippen LogP contribution in [-0.4, -0.2) is 16.4 Å². The summed E-state index contributed by atoms with van der Waals surface area (Å²) >= 11 is 3.50. The van der Waals surface area contributed by atoms with Crippen LogP contribution in [0.2, 0.25) is 0 Å². The average molecular weight is 331 g/mol. The lowest BCUT2D eigenvalue weighted by atomic mass is 9.96. The number of hydrogen-bond acceptors (Lipinski definition) is 2. The van der Waals surface area contributed by atoms with E-state index in [1.165, 1.54) is 36.9 Å². The fraction of sp³-hybridized carbons (Fsp3) is 0.353. The van der Waals surface area contributed by atoms with Crippen molar-refractivity contribution >= 4 is 15.9 Å². The second-order valence-corrected chi connectivity index (χ2v) is 6.31. The molecule has 0 aliphatic carbocycles. The number of nitrogens with zero attached hydrogens (tertiary/aromatic N) is 2. The van der Waals surface area contributed by atoms with Crippen molar-refractivity contribution in [2.45, 2.75) is 31.8 Å². The van der Waals surface area contributed by atoms with E-state index in [0.717, 1.165) is 11.0 Å². The van der Waals surface area contributed by atoms with Gasteiger partial charge >= 0.3 is 0 Å². The molecule has 1 aliphatic heterocycles. The van der Waals surface area contributed by atoms with Crippen molar-refractivity contribution in [1.29, 1.82) is 0 Å². The van der Waals surface area contributed by atoms with Crippen LogP contribution in [0.4, 0.5) is 0 Å². The quantitative estimate of drug-likeness (QED) is 0.819. The molecule has 1 aromatic heterocycles. The van der Waals surface area contributed by atoms with E-state index in [4.69, 9.17) is 0 Å². The molecule has 0 N–H and O–H groups in total. The molecule has 20 heavy (non-hydrogen) atoms. The number of likely N-dealkylation sites (tertiary alicyclic amines) is 1. The van der Waals surface area contributed by atoms with Gasteiger partial charge in [-0.05, 0) is 48.7 Å². The zero-order valence-electron chi connectivity index (χ0n) is 11.5. The molecular weight excluding hydrogens is 312 g/mol. The van der Waals surface area contributed by atoms with E-state index in [1.807, 2.05) is 18.5 Å². The molecule has 3 rings (SSSR count). The summed E-state index contributed by atoms with van der Waals surface area (Å²) in [5, 5.41) is 0. The van der Waals surface area contributed by atoms with E-state index in [1.54, 1.807) is 0 Å². The second-order valence-electron chi connectivity index (χ2n) is 5.39. The van der Waals surface area contributed by atoms with E-state index in [0.29, 0.717) is 6.04 Å². The SMILES string of the molecule is Brc1ccc(CN2CCCCC2c2cccnc2)cc1. The molecule has 3 heteroatoms. The molecule has 1 atom stereocenters. The summed E-state index contributed by atoms with van der Waals surface area (Å²) in [4.78, 5) is 6.87. The van der Waals surface area contributed by atoms with E-state index >= 15 is 0 Å². The molecule has 1 aromatic carbocycles. The van der Waals surface area contributed by atoms with Crippen LogP contribution in [0.3, 0.4) is 0 Å². The summed E-state index contributed by atoms with van der Waals surface area (Å²) in [7, 11) is 0. The Labute approximate surface area is 129 Å². The zero-order valence-corrected chi connectivity index (χ0v) is 13.1. The number of piperidine rings is 1. The van der Waals surface area contributed by atoms with E-state index in [-0.39, 0.29) is 0 Å². The summed E-state index contributed by atoms with van der Waals surface area (Å²) in [6.07, 6.45) is 7.72. The Bertz CT molecular complexity index is 539. The van der Waals surface area contributed by atoms with Gasteiger partial charge in [-0.1, -0.05) is 40.5 Å². The smallest absolute Gasteiger partial charge is 0.0366 e. The summed E-state index contributed by atoms with van der Waals surface area (Å²) in [5.74, 6) is 0. The highest BCUT2D eigenvalue weighted by molar-refractivity contribution is 9.10. The number of halogens is 1. The van der Waals surface area contributed by atoms with Crippen molar-refractivity contribution < 1.29 is 0 Å². The van der Waals surface area contributed by atoms with Gasteiger partial charge in [-0.3, -0.25) is 9.88 Å². The highest BCUT2D eigenvalue weighted by Gasteiger charge is 2.23. The molecule has 0 amide bonds. The lowest BCUT2D eigenvalue weighted by Gasteiger charge is -2.36. The van der Waals surface area contributed by atoms with Gasteiger partial charge in [0.2, 0.25) is 0 Å². The highest BCUT2D eigenvalue weighted by atomic mass is 79.9. The minimum Gasteiger partial charge on any atom is -0.292 e. The molecule has 1 saturated heterocycles. The highest BCUT2D eigenvalue weighted by Crippen LogP contribution is 2.31. The molecular formula is C17H19BrN2. The molecule has 0 saturated carbocycles. The van der Waals surface area contributed by atoms with Crippen molar-refractivity contribution in [1.82, 2.24) is 9.88 Å². The number of rotatable bonds is 3. The van der Waals surface area contributed by atoms with Gasteiger partial charge in [0.1, 0.15) is 0 Å². The maximum absolute atomic E-state index is 4.28. The normalized spacial score (nSPS) is 19.9. The minimum atomic E-state index is 0.515.